The first-order chi connectivity index (χ1) is 9.06. The topological polar surface area (TPSA) is 59.2 Å². The van der Waals surface area contributed by atoms with E-state index >= 15 is 0 Å². The van der Waals surface area contributed by atoms with Crippen molar-refractivity contribution in [3.63, 3.8) is 0 Å². The number of carbonyl (C=O) groups excluding carboxylic acids is 1. The SMILES string of the molecule is CN(Cc1ccc(Br)cc1)C(=O)c1ccc(N)cn1. The minimum atomic E-state index is -0.122. The average Bonchev–Trinajstić information content (AvgIpc) is 2.41. The Hall–Kier alpha value is -1.88. The molecule has 0 radical (unpaired) electrons. The highest BCUT2D eigenvalue weighted by atomic mass is 79.9. The summed E-state index contributed by atoms with van der Waals surface area (Å²) >= 11 is 3.38. The standard InChI is InChI=1S/C14H14BrN3O/c1-18(9-10-2-4-11(15)5-3-10)14(19)13-7-6-12(16)8-17-13/h2-8H,9,16H2,1H3. The molecular weight excluding hydrogens is 306 g/mol. The largest absolute Gasteiger partial charge is 0.397 e. The molecule has 0 saturated heterocycles. The van der Waals surface area contributed by atoms with E-state index in [-0.39, 0.29) is 5.91 Å². The van der Waals surface area contributed by atoms with Gasteiger partial charge in [-0.3, -0.25) is 4.79 Å². The van der Waals surface area contributed by atoms with Gasteiger partial charge in [-0.15, -0.1) is 0 Å². The predicted octanol–water partition coefficient (Wildman–Crippen LogP) is 2.70. The first-order valence-corrected chi connectivity index (χ1v) is 6.57. The Morgan fingerprint density at radius 2 is 1.95 bits per heavy atom. The number of benzene rings is 1. The zero-order valence-electron chi connectivity index (χ0n) is 10.5. The third kappa shape index (κ3) is 3.54. The van der Waals surface area contributed by atoms with Crippen LogP contribution >= 0.6 is 15.9 Å². The zero-order valence-corrected chi connectivity index (χ0v) is 12.1. The van der Waals surface area contributed by atoms with Crippen molar-refractivity contribution in [3.05, 3.63) is 58.3 Å². The quantitative estimate of drug-likeness (QED) is 0.946. The van der Waals surface area contributed by atoms with E-state index in [1.807, 2.05) is 24.3 Å². The van der Waals surface area contributed by atoms with Crippen molar-refractivity contribution in [3.8, 4) is 0 Å². The molecule has 2 aromatic rings. The van der Waals surface area contributed by atoms with Crippen molar-refractivity contribution in [2.45, 2.75) is 6.54 Å². The summed E-state index contributed by atoms with van der Waals surface area (Å²) in [5.74, 6) is -0.122. The Balaban J connectivity index is 2.07. The fraction of sp³-hybridized carbons (Fsp3) is 0.143. The summed E-state index contributed by atoms with van der Waals surface area (Å²) in [6.07, 6.45) is 1.49. The summed E-state index contributed by atoms with van der Waals surface area (Å²) in [6.45, 7) is 0.540. The van der Waals surface area contributed by atoms with Gasteiger partial charge in [0, 0.05) is 18.1 Å². The molecule has 19 heavy (non-hydrogen) atoms. The highest BCUT2D eigenvalue weighted by Crippen LogP contribution is 2.13. The van der Waals surface area contributed by atoms with Crippen LogP contribution in [-0.4, -0.2) is 22.8 Å². The highest BCUT2D eigenvalue weighted by molar-refractivity contribution is 9.10. The molecule has 4 nitrogen and oxygen atoms in total. The maximum Gasteiger partial charge on any atom is 0.272 e. The van der Waals surface area contributed by atoms with Gasteiger partial charge in [-0.25, -0.2) is 4.98 Å². The van der Waals surface area contributed by atoms with Gasteiger partial charge in [0.15, 0.2) is 0 Å². The van der Waals surface area contributed by atoms with Crippen LogP contribution in [0.25, 0.3) is 0 Å². The molecule has 1 aromatic heterocycles. The molecule has 2 N–H and O–H groups in total. The molecule has 0 atom stereocenters. The number of carbonyl (C=O) groups is 1. The summed E-state index contributed by atoms with van der Waals surface area (Å²) in [4.78, 5) is 17.8. The molecule has 1 heterocycles. The van der Waals surface area contributed by atoms with E-state index in [9.17, 15) is 4.79 Å². The lowest BCUT2D eigenvalue weighted by Gasteiger charge is -2.16. The summed E-state index contributed by atoms with van der Waals surface area (Å²) in [5, 5.41) is 0. The Morgan fingerprint density at radius 3 is 2.53 bits per heavy atom. The highest BCUT2D eigenvalue weighted by Gasteiger charge is 2.13. The van der Waals surface area contributed by atoms with E-state index in [0.29, 0.717) is 17.9 Å². The number of amides is 1. The molecule has 5 heteroatoms. The van der Waals surface area contributed by atoms with Crippen LogP contribution in [0.5, 0.6) is 0 Å². The van der Waals surface area contributed by atoms with Gasteiger partial charge in [-0.1, -0.05) is 28.1 Å². The van der Waals surface area contributed by atoms with Gasteiger partial charge in [0.2, 0.25) is 0 Å². The first kappa shape index (κ1) is 13.5. The third-order valence-corrected chi connectivity index (χ3v) is 3.21. The molecule has 98 valence electrons. The lowest BCUT2D eigenvalue weighted by Crippen LogP contribution is -2.26. The van der Waals surface area contributed by atoms with Crippen molar-refractivity contribution < 1.29 is 4.79 Å². The van der Waals surface area contributed by atoms with Crippen molar-refractivity contribution in [2.24, 2.45) is 0 Å². The summed E-state index contributed by atoms with van der Waals surface area (Å²) in [6, 6.07) is 11.2. The molecule has 0 spiro atoms. The van der Waals surface area contributed by atoms with Gasteiger partial charge in [0.1, 0.15) is 5.69 Å². The van der Waals surface area contributed by atoms with Gasteiger partial charge < -0.3 is 10.6 Å². The minimum Gasteiger partial charge on any atom is -0.397 e. The molecule has 1 amide bonds. The second-order valence-electron chi connectivity index (χ2n) is 4.26. The monoisotopic (exact) mass is 319 g/mol. The second kappa shape index (κ2) is 5.84. The van der Waals surface area contributed by atoms with E-state index in [0.717, 1.165) is 10.0 Å². The lowest BCUT2D eigenvalue weighted by molar-refractivity contribution is 0.0779. The molecule has 0 unspecified atom stereocenters. The number of anilines is 1. The smallest absolute Gasteiger partial charge is 0.272 e. The summed E-state index contributed by atoms with van der Waals surface area (Å²) in [7, 11) is 1.75. The van der Waals surface area contributed by atoms with Crippen LogP contribution in [0.2, 0.25) is 0 Å². The number of aromatic nitrogens is 1. The number of nitrogen functional groups attached to an aromatic ring is 1. The van der Waals surface area contributed by atoms with Gasteiger partial charge >= 0.3 is 0 Å². The van der Waals surface area contributed by atoms with Crippen molar-refractivity contribution in [1.29, 1.82) is 0 Å². The summed E-state index contributed by atoms with van der Waals surface area (Å²) in [5.41, 5.74) is 7.56. The van der Waals surface area contributed by atoms with Crippen LogP contribution in [0.1, 0.15) is 16.1 Å². The zero-order chi connectivity index (χ0) is 13.8. The Bertz CT molecular complexity index is 566. The average molecular weight is 320 g/mol. The molecule has 0 bridgehead atoms. The van der Waals surface area contributed by atoms with Crippen LogP contribution in [0.3, 0.4) is 0 Å². The van der Waals surface area contributed by atoms with E-state index in [4.69, 9.17) is 5.73 Å². The first-order valence-electron chi connectivity index (χ1n) is 5.77. The van der Waals surface area contributed by atoms with Crippen LogP contribution in [0.4, 0.5) is 5.69 Å². The van der Waals surface area contributed by atoms with Crippen molar-refractivity contribution in [2.75, 3.05) is 12.8 Å². The molecule has 0 aliphatic rings. The second-order valence-corrected chi connectivity index (χ2v) is 5.18. The Morgan fingerprint density at radius 1 is 1.26 bits per heavy atom. The molecule has 1 aromatic carbocycles. The van der Waals surface area contributed by atoms with Crippen LogP contribution in [-0.2, 0) is 6.54 Å². The van der Waals surface area contributed by atoms with Crippen molar-refractivity contribution >= 4 is 27.5 Å². The molecular formula is C14H14BrN3O. The molecule has 2 rings (SSSR count). The van der Waals surface area contributed by atoms with Gasteiger partial charge in [-0.05, 0) is 29.8 Å². The van der Waals surface area contributed by atoms with Gasteiger partial charge in [0.25, 0.3) is 5.91 Å². The minimum absolute atomic E-state index is 0.122. The Labute approximate surface area is 120 Å². The van der Waals surface area contributed by atoms with E-state index < -0.39 is 0 Å². The number of hydrogen-bond donors (Lipinski definition) is 1. The van der Waals surface area contributed by atoms with Crippen LogP contribution in [0, 0.1) is 0 Å². The third-order valence-electron chi connectivity index (χ3n) is 2.69. The molecule has 0 saturated carbocycles. The number of halogens is 1. The van der Waals surface area contributed by atoms with Gasteiger partial charge in [-0.2, -0.15) is 0 Å². The fourth-order valence-electron chi connectivity index (χ4n) is 1.66. The fourth-order valence-corrected chi connectivity index (χ4v) is 1.93. The van der Waals surface area contributed by atoms with E-state index in [1.54, 1.807) is 24.1 Å². The van der Waals surface area contributed by atoms with E-state index in [1.165, 1.54) is 6.20 Å². The molecule has 0 fully saturated rings. The van der Waals surface area contributed by atoms with Crippen LogP contribution in [0.15, 0.2) is 47.1 Å². The van der Waals surface area contributed by atoms with Crippen LogP contribution < -0.4 is 5.73 Å². The lowest BCUT2D eigenvalue weighted by atomic mass is 10.2. The van der Waals surface area contributed by atoms with Gasteiger partial charge in [0.05, 0.1) is 11.9 Å². The molecule has 0 aliphatic heterocycles. The number of nitrogens with zero attached hydrogens (tertiary/aromatic N) is 2. The Kier molecular flexibility index (Phi) is 4.16. The van der Waals surface area contributed by atoms with Crippen molar-refractivity contribution in [1.82, 2.24) is 9.88 Å². The normalized spacial score (nSPS) is 10.2. The maximum absolute atomic E-state index is 12.1. The number of nitrogens with two attached hydrogens (primary N) is 1. The number of hydrogen-bond acceptors (Lipinski definition) is 3. The molecule has 0 aliphatic carbocycles. The van der Waals surface area contributed by atoms with E-state index in [2.05, 4.69) is 20.9 Å². The predicted molar refractivity (Wildman–Crippen MR) is 78.6 cm³/mol. The number of rotatable bonds is 3. The summed E-state index contributed by atoms with van der Waals surface area (Å²) < 4.78 is 1.02. The maximum atomic E-state index is 12.1. The number of pyridine rings is 1.